The third-order valence-electron chi connectivity index (χ3n) is 2.05. The first-order chi connectivity index (χ1) is 7.88. The second-order valence-electron chi connectivity index (χ2n) is 3.54. The van der Waals surface area contributed by atoms with E-state index in [2.05, 4.69) is 11.9 Å². The van der Waals surface area contributed by atoms with E-state index in [-0.39, 0.29) is 19.3 Å². The molecule has 0 heterocycles. The van der Waals surface area contributed by atoms with Gasteiger partial charge in [0.25, 0.3) is 0 Å². The Balaban J connectivity index is 4.33. The highest BCUT2D eigenvalue weighted by Crippen LogP contribution is 1.99. The molecule has 1 unspecified atom stereocenters. The fourth-order valence-corrected chi connectivity index (χ4v) is 1.11. The summed E-state index contributed by atoms with van der Waals surface area (Å²) in [6, 6.07) is -2.01. The minimum atomic E-state index is -1.23. The maximum atomic E-state index is 11.4. The summed E-state index contributed by atoms with van der Waals surface area (Å²) in [5, 5.41) is 11.1. The molecule has 0 aliphatic heterocycles. The molecule has 0 aliphatic carbocycles. The molecule has 2 atom stereocenters. The fourth-order valence-electron chi connectivity index (χ4n) is 1.11. The van der Waals surface area contributed by atoms with Crippen molar-refractivity contribution in [3.05, 3.63) is 12.7 Å². The van der Waals surface area contributed by atoms with Crippen LogP contribution in [0.1, 0.15) is 19.3 Å². The lowest BCUT2D eigenvalue weighted by Gasteiger charge is -2.16. The van der Waals surface area contributed by atoms with E-state index < -0.39 is 29.9 Å². The molecule has 0 spiro atoms. The Hall–Kier alpha value is -1.89. The molecule has 0 radical (unpaired) electrons. The van der Waals surface area contributed by atoms with Crippen LogP contribution in [0.4, 0.5) is 0 Å². The fraction of sp³-hybridized carbons (Fsp3) is 0.500. The van der Waals surface area contributed by atoms with Crippen molar-refractivity contribution in [1.82, 2.24) is 5.32 Å². The van der Waals surface area contributed by atoms with Crippen molar-refractivity contribution >= 4 is 17.8 Å². The van der Waals surface area contributed by atoms with Crippen molar-refractivity contribution in [2.75, 3.05) is 0 Å². The maximum absolute atomic E-state index is 11.4. The molecule has 0 aliphatic rings. The van der Waals surface area contributed by atoms with E-state index in [0.717, 1.165) is 0 Å². The van der Waals surface area contributed by atoms with E-state index in [1.807, 2.05) is 0 Å². The Morgan fingerprint density at radius 1 is 1.41 bits per heavy atom. The molecule has 7 heteroatoms. The minimum Gasteiger partial charge on any atom is -0.480 e. The Labute approximate surface area is 98.8 Å². The van der Waals surface area contributed by atoms with Crippen LogP contribution in [0.2, 0.25) is 0 Å². The monoisotopic (exact) mass is 243 g/mol. The highest BCUT2D eigenvalue weighted by Gasteiger charge is 2.22. The molecule has 7 nitrogen and oxygen atoms in total. The molecule has 0 aromatic rings. The number of hydrogen-bond acceptors (Lipinski definition) is 4. The van der Waals surface area contributed by atoms with E-state index in [9.17, 15) is 14.4 Å². The Bertz CT molecular complexity index is 317. The van der Waals surface area contributed by atoms with E-state index in [4.69, 9.17) is 16.6 Å². The summed E-state index contributed by atoms with van der Waals surface area (Å²) >= 11 is 0. The number of aliphatic carboxylic acids is 1. The Morgan fingerprint density at radius 2 is 2.00 bits per heavy atom. The van der Waals surface area contributed by atoms with Crippen molar-refractivity contribution < 1.29 is 19.5 Å². The van der Waals surface area contributed by atoms with Gasteiger partial charge < -0.3 is 21.9 Å². The molecule has 2 amide bonds. The highest BCUT2D eigenvalue weighted by atomic mass is 16.4. The summed E-state index contributed by atoms with van der Waals surface area (Å²) in [7, 11) is 0. The van der Waals surface area contributed by atoms with Crippen LogP contribution >= 0.6 is 0 Å². The zero-order valence-electron chi connectivity index (χ0n) is 9.39. The van der Waals surface area contributed by atoms with E-state index >= 15 is 0 Å². The van der Waals surface area contributed by atoms with Gasteiger partial charge in [0.1, 0.15) is 6.04 Å². The zero-order chi connectivity index (χ0) is 13.4. The van der Waals surface area contributed by atoms with Gasteiger partial charge in [-0.1, -0.05) is 6.08 Å². The number of carboxylic acids is 1. The zero-order valence-corrected chi connectivity index (χ0v) is 9.39. The molecular weight excluding hydrogens is 226 g/mol. The predicted octanol–water partition coefficient (Wildman–Crippen LogP) is -1.28. The normalized spacial score (nSPS) is 13.5. The Kier molecular flexibility index (Phi) is 6.57. The highest BCUT2D eigenvalue weighted by molar-refractivity contribution is 5.87. The first-order valence-electron chi connectivity index (χ1n) is 5.06. The predicted molar refractivity (Wildman–Crippen MR) is 60.8 cm³/mol. The van der Waals surface area contributed by atoms with Crippen molar-refractivity contribution in [1.29, 1.82) is 0 Å². The van der Waals surface area contributed by atoms with E-state index in [0.29, 0.717) is 0 Å². The van der Waals surface area contributed by atoms with Gasteiger partial charge in [-0.25, -0.2) is 4.79 Å². The van der Waals surface area contributed by atoms with E-state index in [1.54, 1.807) is 0 Å². The number of primary amides is 1. The van der Waals surface area contributed by atoms with Gasteiger partial charge in [0, 0.05) is 6.42 Å². The lowest BCUT2D eigenvalue weighted by atomic mass is 10.1. The van der Waals surface area contributed by atoms with Gasteiger partial charge in [-0.05, 0) is 12.8 Å². The molecule has 17 heavy (non-hydrogen) atoms. The summed E-state index contributed by atoms with van der Waals surface area (Å²) in [5.41, 5.74) is 10.4. The number of carbonyl (C=O) groups is 3. The summed E-state index contributed by atoms with van der Waals surface area (Å²) in [4.78, 5) is 32.8. The second kappa shape index (κ2) is 7.39. The number of carboxylic acid groups (broad SMARTS) is 1. The molecule has 0 saturated carbocycles. The second-order valence-corrected chi connectivity index (χ2v) is 3.54. The molecule has 96 valence electrons. The van der Waals surface area contributed by atoms with Crippen molar-refractivity contribution in [2.24, 2.45) is 11.5 Å². The number of amides is 2. The van der Waals surface area contributed by atoms with Crippen molar-refractivity contribution in [3.8, 4) is 0 Å². The van der Waals surface area contributed by atoms with Gasteiger partial charge in [0.2, 0.25) is 11.8 Å². The lowest BCUT2D eigenvalue weighted by molar-refractivity contribution is -0.142. The van der Waals surface area contributed by atoms with Crippen LogP contribution < -0.4 is 16.8 Å². The minimum absolute atomic E-state index is 0.0583. The van der Waals surface area contributed by atoms with Gasteiger partial charge in [-0.15, -0.1) is 6.58 Å². The smallest absolute Gasteiger partial charge is 0.326 e. The maximum Gasteiger partial charge on any atom is 0.326 e. The quantitative estimate of drug-likeness (QED) is 0.394. The number of nitrogens with two attached hydrogens (primary N) is 2. The average Bonchev–Trinajstić information content (AvgIpc) is 2.23. The third-order valence-corrected chi connectivity index (χ3v) is 2.05. The topological polar surface area (TPSA) is 136 Å². The molecule has 0 fully saturated rings. The van der Waals surface area contributed by atoms with Crippen LogP contribution in [0.25, 0.3) is 0 Å². The number of rotatable bonds is 8. The molecule has 6 N–H and O–H groups in total. The molecular formula is C10H17N3O4. The van der Waals surface area contributed by atoms with Gasteiger partial charge in [-0.3, -0.25) is 9.59 Å². The first kappa shape index (κ1) is 15.1. The largest absolute Gasteiger partial charge is 0.480 e. The van der Waals surface area contributed by atoms with Crippen LogP contribution in [0.5, 0.6) is 0 Å². The molecule has 0 bridgehead atoms. The number of hydrogen-bond donors (Lipinski definition) is 4. The Morgan fingerprint density at radius 3 is 2.41 bits per heavy atom. The lowest BCUT2D eigenvalue weighted by Crippen LogP contribution is -2.48. The third kappa shape index (κ3) is 6.31. The van der Waals surface area contributed by atoms with Crippen LogP contribution in [-0.4, -0.2) is 35.0 Å². The van der Waals surface area contributed by atoms with Gasteiger partial charge >= 0.3 is 5.97 Å². The number of carbonyl (C=O) groups excluding carboxylic acids is 2. The van der Waals surface area contributed by atoms with Crippen molar-refractivity contribution in [3.63, 3.8) is 0 Å². The molecule has 0 rings (SSSR count). The van der Waals surface area contributed by atoms with Crippen LogP contribution in [0, 0.1) is 0 Å². The van der Waals surface area contributed by atoms with E-state index in [1.165, 1.54) is 6.08 Å². The van der Waals surface area contributed by atoms with Gasteiger partial charge in [0.05, 0.1) is 6.04 Å². The van der Waals surface area contributed by atoms with Gasteiger partial charge in [0.15, 0.2) is 0 Å². The molecule has 0 aromatic carbocycles. The molecule has 0 saturated heterocycles. The van der Waals surface area contributed by atoms with Gasteiger partial charge in [-0.2, -0.15) is 0 Å². The molecule has 0 aromatic heterocycles. The van der Waals surface area contributed by atoms with Crippen molar-refractivity contribution in [2.45, 2.75) is 31.3 Å². The summed E-state index contributed by atoms with van der Waals surface area (Å²) in [6.07, 6.45) is 1.53. The van der Waals surface area contributed by atoms with Crippen LogP contribution in [0.3, 0.4) is 0 Å². The summed E-state index contributed by atoms with van der Waals surface area (Å²) < 4.78 is 0. The van der Waals surface area contributed by atoms with Crippen LogP contribution in [-0.2, 0) is 14.4 Å². The number of nitrogens with one attached hydrogen (secondary N) is 1. The first-order valence-corrected chi connectivity index (χ1v) is 5.06. The average molecular weight is 243 g/mol. The summed E-state index contributed by atoms with van der Waals surface area (Å²) in [5.74, 6) is -2.45. The summed E-state index contributed by atoms with van der Waals surface area (Å²) in [6.45, 7) is 3.42. The standard InChI is InChI=1S/C10H17N3O4/c1-2-3-6(11)9(15)13-7(10(16)17)4-5-8(12)14/h2,6-7H,1,3-5,11H2,(H2,12,14)(H,13,15)(H,16,17)/t6?,7-/m1/s1. The SMILES string of the molecule is C=CCC(N)C(=O)N[C@H](CCC(N)=O)C(=O)O. The van der Waals surface area contributed by atoms with Crippen LogP contribution in [0.15, 0.2) is 12.7 Å².